The summed E-state index contributed by atoms with van der Waals surface area (Å²) in [5.74, 6) is -2.13. The van der Waals surface area contributed by atoms with Gasteiger partial charge in [0.1, 0.15) is 24.2 Å². The standard InChI is InChI=1S/C24H37N3O7/c1-7-16(2)19(26-23(32)34-24(3,4)5)22(31)27(13-14-28)20(17-11-9-8-10-12-17)21(30)25-15-18(29)33-6/h8-12,16,19-20,28H,7,13-15H2,1-6H3,(H,25,30)(H,26,32). The van der Waals surface area contributed by atoms with Crippen LogP contribution in [0.1, 0.15) is 52.6 Å². The fourth-order valence-electron chi connectivity index (χ4n) is 3.21. The van der Waals surface area contributed by atoms with Gasteiger partial charge in [-0.25, -0.2) is 4.79 Å². The minimum atomic E-state index is -1.16. The molecule has 10 heteroatoms. The van der Waals surface area contributed by atoms with Gasteiger partial charge in [0.25, 0.3) is 0 Å². The molecule has 3 amide bonds. The largest absolute Gasteiger partial charge is 0.468 e. The fraction of sp³-hybridized carbons (Fsp3) is 0.583. The third kappa shape index (κ3) is 9.01. The van der Waals surface area contributed by atoms with E-state index in [1.165, 1.54) is 12.0 Å². The van der Waals surface area contributed by atoms with Gasteiger partial charge in [-0.2, -0.15) is 0 Å². The van der Waals surface area contributed by atoms with E-state index < -0.39 is 48.2 Å². The first-order valence-corrected chi connectivity index (χ1v) is 11.2. The van der Waals surface area contributed by atoms with Crippen LogP contribution in [-0.2, 0) is 23.9 Å². The molecule has 0 radical (unpaired) electrons. The molecule has 3 unspecified atom stereocenters. The number of aliphatic hydroxyl groups is 1. The van der Waals surface area contributed by atoms with Gasteiger partial charge in [-0.15, -0.1) is 0 Å². The zero-order valence-corrected chi connectivity index (χ0v) is 20.8. The Labute approximate surface area is 201 Å². The predicted molar refractivity (Wildman–Crippen MR) is 126 cm³/mol. The average molecular weight is 480 g/mol. The molecule has 1 aromatic carbocycles. The number of aliphatic hydroxyl groups excluding tert-OH is 1. The van der Waals surface area contributed by atoms with Crippen LogP contribution in [0, 0.1) is 5.92 Å². The molecule has 3 N–H and O–H groups in total. The minimum Gasteiger partial charge on any atom is -0.468 e. The molecule has 0 bridgehead atoms. The molecule has 0 saturated heterocycles. The van der Waals surface area contributed by atoms with Crippen LogP contribution in [-0.4, -0.2) is 72.3 Å². The van der Waals surface area contributed by atoms with Gasteiger partial charge < -0.3 is 30.1 Å². The molecule has 0 saturated carbocycles. The van der Waals surface area contributed by atoms with E-state index in [-0.39, 0.29) is 19.0 Å². The SMILES string of the molecule is CCC(C)C(NC(=O)OC(C)(C)C)C(=O)N(CCO)C(C(=O)NCC(=O)OC)c1ccccc1. The Balaban J connectivity index is 3.36. The van der Waals surface area contributed by atoms with E-state index in [1.54, 1.807) is 58.0 Å². The zero-order chi connectivity index (χ0) is 25.9. The van der Waals surface area contributed by atoms with Crippen LogP contribution in [0.2, 0.25) is 0 Å². The lowest BCUT2D eigenvalue weighted by atomic mass is 9.96. The van der Waals surface area contributed by atoms with Gasteiger partial charge in [0.2, 0.25) is 11.8 Å². The van der Waals surface area contributed by atoms with Crippen LogP contribution in [0.3, 0.4) is 0 Å². The smallest absolute Gasteiger partial charge is 0.408 e. The first kappa shape index (κ1) is 28.9. The second-order valence-corrected chi connectivity index (χ2v) is 8.87. The summed E-state index contributed by atoms with van der Waals surface area (Å²) in [4.78, 5) is 52.1. The maximum atomic E-state index is 13.7. The van der Waals surface area contributed by atoms with Crippen molar-refractivity contribution in [3.63, 3.8) is 0 Å². The molecule has 0 aliphatic heterocycles. The molecular formula is C24H37N3O7. The molecular weight excluding hydrogens is 442 g/mol. The van der Waals surface area contributed by atoms with Crippen LogP contribution in [0.15, 0.2) is 30.3 Å². The summed E-state index contributed by atoms with van der Waals surface area (Å²) in [5, 5.41) is 14.8. The number of amides is 3. The van der Waals surface area contributed by atoms with E-state index in [2.05, 4.69) is 15.4 Å². The van der Waals surface area contributed by atoms with Gasteiger partial charge in [-0.3, -0.25) is 14.4 Å². The van der Waals surface area contributed by atoms with Crippen LogP contribution < -0.4 is 10.6 Å². The Morgan fingerprint density at radius 2 is 1.74 bits per heavy atom. The Bertz CT molecular complexity index is 824. The molecule has 0 aromatic heterocycles. The topological polar surface area (TPSA) is 134 Å². The third-order valence-electron chi connectivity index (χ3n) is 5.09. The normalized spacial score (nSPS) is 13.7. The number of benzene rings is 1. The number of nitrogens with one attached hydrogen (secondary N) is 2. The predicted octanol–water partition coefficient (Wildman–Crippen LogP) is 1.78. The maximum Gasteiger partial charge on any atom is 0.408 e. The molecule has 1 aromatic rings. The molecule has 3 atom stereocenters. The zero-order valence-electron chi connectivity index (χ0n) is 20.8. The number of alkyl carbamates (subject to hydrolysis) is 1. The monoisotopic (exact) mass is 479 g/mol. The molecule has 0 fully saturated rings. The van der Waals surface area contributed by atoms with Crippen molar-refractivity contribution in [2.24, 2.45) is 5.92 Å². The summed E-state index contributed by atoms with van der Waals surface area (Å²) in [7, 11) is 1.20. The molecule has 0 spiro atoms. The molecule has 0 aliphatic carbocycles. The fourth-order valence-corrected chi connectivity index (χ4v) is 3.21. The van der Waals surface area contributed by atoms with Crippen molar-refractivity contribution >= 4 is 23.9 Å². The highest BCUT2D eigenvalue weighted by molar-refractivity contribution is 5.93. The number of carbonyl (C=O) groups excluding carboxylic acids is 4. The van der Waals surface area contributed by atoms with E-state index >= 15 is 0 Å². The van der Waals surface area contributed by atoms with Crippen molar-refractivity contribution < 1.29 is 33.8 Å². The summed E-state index contributed by atoms with van der Waals surface area (Å²) < 4.78 is 9.90. The van der Waals surface area contributed by atoms with Crippen molar-refractivity contribution in [3.05, 3.63) is 35.9 Å². The number of methoxy groups -OCH3 is 1. The van der Waals surface area contributed by atoms with Crippen LogP contribution in [0.25, 0.3) is 0 Å². The Kier molecular flexibility index (Phi) is 11.5. The lowest BCUT2D eigenvalue weighted by Crippen LogP contribution is -2.56. The quantitative estimate of drug-likeness (QED) is 0.412. The highest BCUT2D eigenvalue weighted by Crippen LogP contribution is 2.24. The van der Waals surface area contributed by atoms with E-state index in [9.17, 15) is 24.3 Å². The van der Waals surface area contributed by atoms with E-state index in [0.717, 1.165) is 0 Å². The van der Waals surface area contributed by atoms with Gasteiger partial charge in [0, 0.05) is 6.54 Å². The maximum absolute atomic E-state index is 13.7. The molecule has 10 nitrogen and oxygen atoms in total. The van der Waals surface area contributed by atoms with Gasteiger partial charge in [-0.05, 0) is 32.3 Å². The summed E-state index contributed by atoms with van der Waals surface area (Å²) in [5.41, 5.74) is -0.287. The first-order chi connectivity index (χ1) is 15.9. The van der Waals surface area contributed by atoms with Crippen LogP contribution in [0.4, 0.5) is 4.79 Å². The molecule has 0 aliphatic rings. The number of nitrogens with zero attached hydrogens (tertiary/aromatic N) is 1. The highest BCUT2D eigenvalue weighted by Gasteiger charge is 2.37. The average Bonchev–Trinajstić information content (AvgIpc) is 2.79. The van der Waals surface area contributed by atoms with Crippen molar-refractivity contribution in [1.29, 1.82) is 0 Å². The van der Waals surface area contributed by atoms with Gasteiger partial charge in [0.05, 0.1) is 13.7 Å². The van der Waals surface area contributed by atoms with E-state index in [4.69, 9.17) is 4.74 Å². The second kappa shape index (κ2) is 13.5. The van der Waals surface area contributed by atoms with Gasteiger partial charge in [-0.1, -0.05) is 50.6 Å². The Hall–Kier alpha value is -3.14. The van der Waals surface area contributed by atoms with Crippen LogP contribution >= 0.6 is 0 Å². The molecule has 190 valence electrons. The van der Waals surface area contributed by atoms with Crippen molar-refractivity contribution in [2.45, 2.75) is 58.7 Å². The highest BCUT2D eigenvalue weighted by atomic mass is 16.6. The first-order valence-electron chi connectivity index (χ1n) is 11.2. The lowest BCUT2D eigenvalue weighted by molar-refractivity contribution is -0.145. The number of esters is 1. The number of rotatable bonds is 11. The minimum absolute atomic E-state index is 0.174. The summed E-state index contributed by atoms with van der Waals surface area (Å²) in [6.07, 6.45) is -0.203. The summed E-state index contributed by atoms with van der Waals surface area (Å²) in [6.45, 7) is 7.82. The molecule has 1 rings (SSSR count). The number of hydrogen-bond donors (Lipinski definition) is 3. The van der Waals surface area contributed by atoms with Gasteiger partial charge >= 0.3 is 12.1 Å². The molecule has 34 heavy (non-hydrogen) atoms. The lowest BCUT2D eigenvalue weighted by Gasteiger charge is -2.35. The molecule has 0 heterocycles. The number of carbonyl (C=O) groups is 4. The summed E-state index contributed by atoms with van der Waals surface area (Å²) in [6, 6.07) is 6.35. The van der Waals surface area contributed by atoms with Crippen molar-refractivity contribution in [1.82, 2.24) is 15.5 Å². The summed E-state index contributed by atoms with van der Waals surface area (Å²) >= 11 is 0. The Morgan fingerprint density at radius 1 is 1.12 bits per heavy atom. The second-order valence-electron chi connectivity index (χ2n) is 8.87. The van der Waals surface area contributed by atoms with E-state index in [0.29, 0.717) is 12.0 Å². The number of hydrogen-bond acceptors (Lipinski definition) is 7. The van der Waals surface area contributed by atoms with Crippen molar-refractivity contribution in [2.75, 3.05) is 26.8 Å². The van der Waals surface area contributed by atoms with Crippen molar-refractivity contribution in [3.8, 4) is 0 Å². The Morgan fingerprint density at radius 3 is 2.24 bits per heavy atom. The number of ether oxygens (including phenoxy) is 2. The van der Waals surface area contributed by atoms with E-state index in [1.807, 2.05) is 6.92 Å². The van der Waals surface area contributed by atoms with Gasteiger partial charge in [0.15, 0.2) is 0 Å². The van der Waals surface area contributed by atoms with Crippen LogP contribution in [0.5, 0.6) is 0 Å². The third-order valence-corrected chi connectivity index (χ3v) is 5.09.